The van der Waals surface area contributed by atoms with Crippen LogP contribution in [0.25, 0.3) is 11.1 Å². The third kappa shape index (κ3) is 2.37. The summed E-state index contributed by atoms with van der Waals surface area (Å²) in [6.45, 7) is 0. The highest BCUT2D eigenvalue weighted by Gasteiger charge is 2.14. The molecule has 0 amide bonds. The minimum Gasteiger partial charge on any atom is -0.430 e. The van der Waals surface area contributed by atoms with Gasteiger partial charge in [0.1, 0.15) is 16.3 Å². The van der Waals surface area contributed by atoms with Crippen LogP contribution in [0.3, 0.4) is 0 Å². The summed E-state index contributed by atoms with van der Waals surface area (Å²) < 4.78 is 19.3. The Morgan fingerprint density at radius 2 is 2.26 bits per heavy atom. The minimum atomic E-state index is -1.35. The Balaban J connectivity index is 1.89. The van der Waals surface area contributed by atoms with E-state index < -0.39 is 10.8 Å². The first-order valence-corrected chi connectivity index (χ1v) is 6.97. The van der Waals surface area contributed by atoms with Crippen LogP contribution in [0.15, 0.2) is 40.1 Å². The predicted octanol–water partition coefficient (Wildman–Crippen LogP) is 1.45. The van der Waals surface area contributed by atoms with Gasteiger partial charge in [-0.3, -0.25) is 4.68 Å². The normalized spacial score (nSPS) is 12.9. The number of anilines is 1. The van der Waals surface area contributed by atoms with Crippen LogP contribution in [0.4, 0.5) is 5.69 Å². The second-order valence-electron chi connectivity index (χ2n) is 4.18. The van der Waals surface area contributed by atoms with Gasteiger partial charge in [-0.05, 0) is 18.2 Å². The zero-order chi connectivity index (χ0) is 13.4. The summed E-state index contributed by atoms with van der Waals surface area (Å²) in [5.41, 5.74) is 8.18. The smallest absolute Gasteiger partial charge is 0.288 e. The van der Waals surface area contributed by atoms with Gasteiger partial charge in [-0.2, -0.15) is 5.10 Å². The van der Waals surface area contributed by atoms with E-state index in [0.29, 0.717) is 16.8 Å². The molecule has 98 valence electrons. The first-order chi connectivity index (χ1) is 9.11. The highest BCUT2D eigenvalue weighted by molar-refractivity contribution is 7.84. The van der Waals surface area contributed by atoms with E-state index in [1.165, 1.54) is 0 Å². The van der Waals surface area contributed by atoms with E-state index >= 15 is 0 Å². The molecule has 1 atom stereocenters. The van der Waals surface area contributed by atoms with Crippen LogP contribution in [0.2, 0.25) is 0 Å². The molecule has 0 saturated carbocycles. The second kappa shape index (κ2) is 4.51. The fourth-order valence-corrected chi connectivity index (χ4v) is 2.68. The highest BCUT2D eigenvalue weighted by Crippen LogP contribution is 2.21. The maximum absolute atomic E-state index is 12.2. The van der Waals surface area contributed by atoms with Crippen LogP contribution in [0.5, 0.6) is 0 Å². The van der Waals surface area contributed by atoms with Crippen LogP contribution in [-0.2, 0) is 23.6 Å². The largest absolute Gasteiger partial charge is 0.430 e. The molecule has 7 heteroatoms. The molecule has 6 nitrogen and oxygen atoms in total. The number of oxazole rings is 1. The van der Waals surface area contributed by atoms with Gasteiger partial charge in [0.2, 0.25) is 0 Å². The molecule has 0 aliphatic heterocycles. The molecule has 0 aliphatic carbocycles. The van der Waals surface area contributed by atoms with Crippen LogP contribution in [0.1, 0.15) is 5.69 Å². The molecule has 0 fully saturated rings. The standard InChI is InChI=1S/C12H12N4O2S/c1-16-5-4-9(15-16)7-19(17)12-14-10-3-2-8(13)6-11(10)18-12/h2-6H,7,13H2,1H3. The highest BCUT2D eigenvalue weighted by atomic mass is 32.2. The number of hydrogen-bond donors (Lipinski definition) is 1. The summed E-state index contributed by atoms with van der Waals surface area (Å²) in [7, 11) is 0.459. The molecule has 0 aliphatic rings. The number of rotatable bonds is 3. The van der Waals surface area contributed by atoms with Gasteiger partial charge in [0.05, 0.1) is 11.4 Å². The Bertz CT molecular complexity index is 762. The molecular formula is C12H12N4O2S. The van der Waals surface area contributed by atoms with E-state index in [2.05, 4.69) is 10.1 Å². The summed E-state index contributed by atoms with van der Waals surface area (Å²) >= 11 is 0. The summed E-state index contributed by atoms with van der Waals surface area (Å²) in [6.07, 6.45) is 1.80. The van der Waals surface area contributed by atoms with E-state index in [1.54, 1.807) is 29.1 Å². The van der Waals surface area contributed by atoms with Gasteiger partial charge >= 0.3 is 0 Å². The molecule has 2 N–H and O–H groups in total. The van der Waals surface area contributed by atoms with E-state index in [4.69, 9.17) is 10.2 Å². The first kappa shape index (κ1) is 11.9. The van der Waals surface area contributed by atoms with Gasteiger partial charge in [-0.15, -0.1) is 0 Å². The Morgan fingerprint density at radius 3 is 3.00 bits per heavy atom. The maximum atomic E-state index is 12.2. The third-order valence-electron chi connectivity index (χ3n) is 2.64. The Kier molecular flexibility index (Phi) is 2.83. The number of nitrogens with zero attached hydrogens (tertiary/aromatic N) is 3. The van der Waals surface area contributed by atoms with Gasteiger partial charge < -0.3 is 10.2 Å². The monoisotopic (exact) mass is 276 g/mol. The lowest BCUT2D eigenvalue weighted by Gasteiger charge is -1.93. The predicted molar refractivity (Wildman–Crippen MR) is 71.7 cm³/mol. The molecule has 2 heterocycles. The zero-order valence-corrected chi connectivity index (χ0v) is 11.1. The van der Waals surface area contributed by atoms with Crippen molar-refractivity contribution in [3.63, 3.8) is 0 Å². The Hall–Kier alpha value is -2.15. The molecule has 3 rings (SSSR count). The second-order valence-corrected chi connectivity index (χ2v) is 5.51. The fraction of sp³-hybridized carbons (Fsp3) is 0.167. The van der Waals surface area contributed by atoms with E-state index in [-0.39, 0.29) is 11.0 Å². The summed E-state index contributed by atoms with van der Waals surface area (Å²) in [5, 5.41) is 4.38. The first-order valence-electron chi connectivity index (χ1n) is 5.65. The van der Waals surface area contributed by atoms with Crippen molar-refractivity contribution in [1.29, 1.82) is 0 Å². The maximum Gasteiger partial charge on any atom is 0.288 e. The van der Waals surface area contributed by atoms with Gasteiger partial charge in [0, 0.05) is 25.0 Å². The zero-order valence-electron chi connectivity index (χ0n) is 10.2. The topological polar surface area (TPSA) is 86.9 Å². The number of nitrogen functional groups attached to an aromatic ring is 1. The molecule has 0 bridgehead atoms. The summed E-state index contributed by atoms with van der Waals surface area (Å²) in [5.74, 6) is 0.281. The molecule has 1 aromatic carbocycles. The lowest BCUT2D eigenvalue weighted by Crippen LogP contribution is -1.98. The molecule has 0 saturated heterocycles. The fourth-order valence-electron chi connectivity index (χ4n) is 1.75. The van der Waals surface area contributed by atoms with Gasteiger partial charge in [0.15, 0.2) is 5.58 Å². The van der Waals surface area contributed by atoms with Crippen molar-refractivity contribution in [2.45, 2.75) is 11.0 Å². The average molecular weight is 276 g/mol. The molecule has 0 spiro atoms. The van der Waals surface area contributed by atoms with Crippen molar-refractivity contribution in [2.75, 3.05) is 5.73 Å². The van der Waals surface area contributed by atoms with E-state index in [9.17, 15) is 4.21 Å². The lowest BCUT2D eigenvalue weighted by molar-refractivity contribution is 0.477. The minimum absolute atomic E-state index is 0.200. The molecular weight excluding hydrogens is 264 g/mol. The molecule has 3 aromatic rings. The van der Waals surface area contributed by atoms with Crippen LogP contribution < -0.4 is 5.73 Å². The van der Waals surface area contributed by atoms with Gasteiger partial charge in [-0.25, -0.2) is 9.19 Å². The van der Waals surface area contributed by atoms with Gasteiger partial charge in [0.25, 0.3) is 5.22 Å². The van der Waals surface area contributed by atoms with E-state index in [1.807, 2.05) is 13.1 Å². The molecule has 19 heavy (non-hydrogen) atoms. The molecule has 1 unspecified atom stereocenters. The third-order valence-corrected chi connectivity index (χ3v) is 3.76. The van der Waals surface area contributed by atoms with Crippen LogP contribution >= 0.6 is 0 Å². The lowest BCUT2D eigenvalue weighted by atomic mass is 10.3. The Morgan fingerprint density at radius 1 is 1.42 bits per heavy atom. The Labute approximate surface area is 111 Å². The molecule has 2 aromatic heterocycles. The number of nitrogens with two attached hydrogens (primary N) is 1. The van der Waals surface area contributed by atoms with Crippen molar-refractivity contribution in [3.8, 4) is 0 Å². The van der Waals surface area contributed by atoms with Gasteiger partial charge in [-0.1, -0.05) is 0 Å². The van der Waals surface area contributed by atoms with Crippen LogP contribution in [0, 0.1) is 0 Å². The number of fused-ring (bicyclic) bond motifs is 1. The van der Waals surface area contributed by atoms with E-state index in [0.717, 1.165) is 5.69 Å². The van der Waals surface area contributed by atoms with Crippen molar-refractivity contribution in [3.05, 3.63) is 36.2 Å². The van der Waals surface area contributed by atoms with Crippen molar-refractivity contribution in [1.82, 2.24) is 14.8 Å². The number of aromatic nitrogens is 3. The SMILES string of the molecule is Cn1ccc(CS(=O)c2nc3ccc(N)cc3o2)n1. The number of benzene rings is 1. The average Bonchev–Trinajstić information content (AvgIpc) is 2.95. The van der Waals surface area contributed by atoms with Crippen molar-refractivity contribution >= 4 is 27.6 Å². The summed E-state index contributed by atoms with van der Waals surface area (Å²) in [6, 6.07) is 6.97. The summed E-state index contributed by atoms with van der Waals surface area (Å²) in [4.78, 5) is 4.20. The van der Waals surface area contributed by atoms with Crippen molar-refractivity contribution in [2.24, 2.45) is 7.05 Å². The quantitative estimate of drug-likeness (QED) is 0.732. The van der Waals surface area contributed by atoms with Crippen LogP contribution in [-0.4, -0.2) is 19.0 Å². The van der Waals surface area contributed by atoms with Crippen molar-refractivity contribution < 1.29 is 8.63 Å². The number of hydrogen-bond acceptors (Lipinski definition) is 5. The number of aryl methyl sites for hydroxylation is 1. The molecule has 0 radical (unpaired) electrons.